The Morgan fingerprint density at radius 3 is 2.37 bits per heavy atom. The molecule has 0 spiro atoms. The summed E-state index contributed by atoms with van der Waals surface area (Å²) < 4.78 is 0. The molecule has 0 amide bonds. The molecule has 0 aliphatic heterocycles. The number of benzene rings is 3. The number of nitro benzene ring substituents is 1. The van der Waals surface area contributed by atoms with Crippen molar-refractivity contribution in [1.82, 2.24) is 4.90 Å². The number of rotatable bonds is 6. The van der Waals surface area contributed by atoms with Crippen LogP contribution in [-0.2, 0) is 6.54 Å². The molecule has 0 aromatic heterocycles. The van der Waals surface area contributed by atoms with E-state index in [2.05, 4.69) is 22.3 Å². The minimum Gasteiger partial charge on any atom is -0.348 e. The summed E-state index contributed by atoms with van der Waals surface area (Å²) in [7, 11) is 1.95. The first-order valence-corrected chi connectivity index (χ1v) is 10.2. The fourth-order valence-electron chi connectivity index (χ4n) is 2.53. The molecule has 0 aliphatic carbocycles. The first-order chi connectivity index (χ1) is 14.5. The van der Waals surface area contributed by atoms with E-state index in [9.17, 15) is 10.1 Å². The third-order valence-corrected chi connectivity index (χ3v) is 5.40. The van der Waals surface area contributed by atoms with Crippen LogP contribution in [0.4, 0.5) is 5.69 Å². The van der Waals surface area contributed by atoms with Crippen LogP contribution >= 0.6 is 23.4 Å². The number of non-ortho nitro benzene ring substituents is 1. The van der Waals surface area contributed by atoms with Gasteiger partial charge >= 0.3 is 0 Å². The van der Waals surface area contributed by atoms with Gasteiger partial charge in [0.1, 0.15) is 0 Å². The topological polar surface area (TPSA) is 71.1 Å². The summed E-state index contributed by atoms with van der Waals surface area (Å²) in [6.07, 6.45) is 1.57. The molecule has 152 valence electrons. The molecule has 0 saturated heterocycles. The molecule has 8 heteroatoms. The molecule has 30 heavy (non-hydrogen) atoms. The maximum absolute atomic E-state index is 10.8. The van der Waals surface area contributed by atoms with Gasteiger partial charge < -0.3 is 4.90 Å². The van der Waals surface area contributed by atoms with Gasteiger partial charge in [-0.05, 0) is 47.5 Å². The summed E-state index contributed by atoms with van der Waals surface area (Å²) in [5.74, 6) is 0. The van der Waals surface area contributed by atoms with Crippen molar-refractivity contribution in [3.63, 3.8) is 0 Å². The van der Waals surface area contributed by atoms with E-state index in [1.54, 1.807) is 18.3 Å². The number of nitro groups is 1. The summed E-state index contributed by atoms with van der Waals surface area (Å²) in [4.78, 5) is 13.3. The molecule has 0 bridgehead atoms. The van der Waals surface area contributed by atoms with Crippen LogP contribution in [0.5, 0.6) is 0 Å². The molecule has 0 fully saturated rings. The predicted octanol–water partition coefficient (Wildman–Crippen LogP) is 5.86. The van der Waals surface area contributed by atoms with Gasteiger partial charge in [-0.2, -0.15) is 5.10 Å². The average Bonchev–Trinajstić information content (AvgIpc) is 2.75. The minimum atomic E-state index is -0.432. The van der Waals surface area contributed by atoms with Crippen LogP contribution in [0.2, 0.25) is 5.02 Å². The lowest BCUT2D eigenvalue weighted by molar-refractivity contribution is -0.384. The number of hydrogen-bond donors (Lipinski definition) is 0. The van der Waals surface area contributed by atoms with Gasteiger partial charge in [-0.15, -0.1) is 5.10 Å². The molecular weight excluding hydrogens is 420 g/mol. The number of hydrogen-bond acceptors (Lipinski definition) is 5. The van der Waals surface area contributed by atoms with Crippen LogP contribution in [0, 0.1) is 10.1 Å². The van der Waals surface area contributed by atoms with E-state index >= 15 is 0 Å². The van der Waals surface area contributed by atoms with Gasteiger partial charge in [0.05, 0.1) is 11.1 Å². The van der Waals surface area contributed by atoms with Crippen molar-refractivity contribution in [2.45, 2.75) is 11.4 Å². The molecule has 0 heterocycles. The Morgan fingerprint density at radius 1 is 1.07 bits per heavy atom. The van der Waals surface area contributed by atoms with Crippen molar-refractivity contribution in [1.29, 1.82) is 0 Å². The van der Waals surface area contributed by atoms with Crippen molar-refractivity contribution < 1.29 is 4.92 Å². The highest BCUT2D eigenvalue weighted by molar-refractivity contribution is 8.13. The lowest BCUT2D eigenvalue weighted by Gasteiger charge is -2.20. The van der Waals surface area contributed by atoms with Crippen LogP contribution in [0.3, 0.4) is 0 Å². The Hall–Kier alpha value is -3.16. The summed E-state index contributed by atoms with van der Waals surface area (Å²) in [6, 6.07) is 23.8. The van der Waals surface area contributed by atoms with E-state index in [4.69, 9.17) is 11.6 Å². The highest BCUT2D eigenvalue weighted by Crippen LogP contribution is 2.24. The van der Waals surface area contributed by atoms with E-state index < -0.39 is 4.92 Å². The standard InChI is InChI=1S/C22H19ClN4O2S/c1-26(16-18-5-3-2-4-6-18)22(30-21-13-9-19(23)10-14-21)25-24-15-17-7-11-20(12-8-17)27(28)29/h2-15H,16H2,1H3/b24-15-,25-22+. The van der Waals surface area contributed by atoms with Crippen LogP contribution < -0.4 is 0 Å². The van der Waals surface area contributed by atoms with E-state index in [0.717, 1.165) is 16.0 Å². The Balaban J connectivity index is 1.79. The average molecular weight is 439 g/mol. The molecule has 0 saturated carbocycles. The van der Waals surface area contributed by atoms with Gasteiger partial charge in [0.15, 0.2) is 5.17 Å². The molecule has 0 aliphatic rings. The molecule has 0 unspecified atom stereocenters. The fourth-order valence-corrected chi connectivity index (χ4v) is 3.45. The van der Waals surface area contributed by atoms with Gasteiger partial charge in [-0.3, -0.25) is 10.1 Å². The van der Waals surface area contributed by atoms with E-state index in [-0.39, 0.29) is 5.69 Å². The molecule has 6 nitrogen and oxygen atoms in total. The zero-order valence-corrected chi connectivity index (χ0v) is 17.8. The fraction of sp³-hybridized carbons (Fsp3) is 0.0909. The Labute approximate surface area is 184 Å². The second kappa shape index (κ2) is 10.6. The number of nitrogens with zero attached hydrogens (tertiary/aromatic N) is 4. The number of amidine groups is 1. The SMILES string of the molecule is CN(Cc1ccccc1)/C(=N\N=C/c1ccc([N+](=O)[O-])cc1)Sc1ccc(Cl)cc1. The molecule has 3 aromatic rings. The lowest BCUT2D eigenvalue weighted by Crippen LogP contribution is -2.23. The first-order valence-electron chi connectivity index (χ1n) is 9.05. The van der Waals surface area contributed by atoms with Gasteiger partial charge in [-0.1, -0.05) is 53.7 Å². The lowest BCUT2D eigenvalue weighted by atomic mass is 10.2. The highest BCUT2D eigenvalue weighted by atomic mass is 35.5. The summed E-state index contributed by atoms with van der Waals surface area (Å²) in [6.45, 7) is 0.674. The minimum absolute atomic E-state index is 0.0391. The highest BCUT2D eigenvalue weighted by Gasteiger charge is 2.10. The number of halogens is 1. The molecule has 3 rings (SSSR count). The second-order valence-corrected chi connectivity index (χ2v) is 7.85. The van der Waals surface area contributed by atoms with Gasteiger partial charge in [0.25, 0.3) is 5.69 Å². The van der Waals surface area contributed by atoms with Crippen LogP contribution in [0.1, 0.15) is 11.1 Å². The summed E-state index contributed by atoms with van der Waals surface area (Å²) in [5.41, 5.74) is 1.92. The molecule has 0 atom stereocenters. The van der Waals surface area contributed by atoms with Crippen LogP contribution in [0.25, 0.3) is 0 Å². The van der Waals surface area contributed by atoms with Crippen LogP contribution in [0.15, 0.2) is 94.0 Å². The van der Waals surface area contributed by atoms with Gasteiger partial charge in [0, 0.05) is 35.6 Å². The van der Waals surface area contributed by atoms with Gasteiger partial charge in [-0.25, -0.2) is 0 Å². The predicted molar refractivity (Wildman–Crippen MR) is 123 cm³/mol. The third kappa shape index (κ3) is 6.43. The largest absolute Gasteiger partial charge is 0.348 e. The zero-order chi connectivity index (χ0) is 21.3. The van der Waals surface area contributed by atoms with Gasteiger partial charge in [0.2, 0.25) is 0 Å². The Kier molecular flexibility index (Phi) is 7.59. The van der Waals surface area contributed by atoms with E-state index in [1.807, 2.05) is 54.4 Å². The first kappa shape index (κ1) is 21.5. The zero-order valence-electron chi connectivity index (χ0n) is 16.2. The maximum atomic E-state index is 10.8. The molecule has 0 radical (unpaired) electrons. The van der Waals surface area contributed by atoms with E-state index in [1.165, 1.54) is 23.9 Å². The number of thioether (sulfide) groups is 1. The van der Waals surface area contributed by atoms with Crippen LogP contribution in [-0.4, -0.2) is 28.3 Å². The van der Waals surface area contributed by atoms with Crippen molar-refractivity contribution in [2.24, 2.45) is 10.2 Å². The van der Waals surface area contributed by atoms with Crippen molar-refractivity contribution >= 4 is 40.4 Å². The van der Waals surface area contributed by atoms with E-state index in [0.29, 0.717) is 16.7 Å². The molecule has 0 N–H and O–H groups in total. The molecular formula is C22H19ClN4O2S. The third-order valence-electron chi connectivity index (χ3n) is 4.07. The quantitative estimate of drug-likeness (QED) is 0.159. The van der Waals surface area contributed by atoms with Crippen molar-refractivity contribution in [3.05, 3.63) is 105 Å². The second-order valence-electron chi connectivity index (χ2n) is 6.37. The Bertz CT molecular complexity index is 1040. The maximum Gasteiger partial charge on any atom is 0.269 e. The normalized spacial score (nSPS) is 11.6. The Morgan fingerprint density at radius 2 is 1.73 bits per heavy atom. The smallest absolute Gasteiger partial charge is 0.269 e. The van der Waals surface area contributed by atoms with Crippen molar-refractivity contribution in [2.75, 3.05) is 7.05 Å². The summed E-state index contributed by atoms with van der Waals surface area (Å²) >= 11 is 7.47. The monoisotopic (exact) mass is 438 g/mol. The summed E-state index contributed by atoms with van der Waals surface area (Å²) in [5, 5.41) is 20.7. The van der Waals surface area contributed by atoms with Crippen molar-refractivity contribution in [3.8, 4) is 0 Å². The molecule has 3 aromatic carbocycles.